The molecule has 0 radical (unpaired) electrons. The van der Waals surface area contributed by atoms with Gasteiger partial charge in [0.1, 0.15) is 11.9 Å². The molecule has 1 aliphatic rings. The van der Waals surface area contributed by atoms with Crippen molar-refractivity contribution in [3.63, 3.8) is 0 Å². The highest BCUT2D eigenvalue weighted by atomic mass is 16.5. The van der Waals surface area contributed by atoms with E-state index >= 15 is 0 Å². The maximum Gasteiger partial charge on any atom is 0.352 e. The Hall–Kier alpha value is -3.26. The van der Waals surface area contributed by atoms with Crippen LogP contribution >= 0.6 is 0 Å². The van der Waals surface area contributed by atoms with E-state index in [1.807, 2.05) is 60.7 Å². The largest absolute Gasteiger partial charge is 0.462 e. The first kappa shape index (κ1) is 15.6. The summed E-state index contributed by atoms with van der Waals surface area (Å²) in [4.78, 5) is 12.0. The first-order valence-electron chi connectivity index (χ1n) is 7.73. The second-order valence-electron chi connectivity index (χ2n) is 5.28. The molecule has 3 rings (SSSR count). The molecule has 0 amide bonds. The number of carbonyl (C=O) groups excluding carboxylic acids is 1. The van der Waals surface area contributed by atoms with Gasteiger partial charge in [-0.15, -0.1) is 0 Å². The lowest BCUT2D eigenvalue weighted by molar-refractivity contribution is -0.138. The van der Waals surface area contributed by atoms with E-state index in [2.05, 4.69) is 10.6 Å². The molecule has 0 spiro atoms. The van der Waals surface area contributed by atoms with Crippen molar-refractivity contribution < 1.29 is 9.53 Å². The van der Waals surface area contributed by atoms with Crippen LogP contribution in [0.2, 0.25) is 0 Å². The van der Waals surface area contributed by atoms with Gasteiger partial charge in [0.15, 0.2) is 5.57 Å². The average Bonchev–Trinajstić information content (AvgIpc) is 2.62. The number of benzene rings is 2. The fourth-order valence-corrected chi connectivity index (χ4v) is 2.71. The van der Waals surface area contributed by atoms with Gasteiger partial charge >= 0.3 is 5.97 Å². The zero-order valence-electron chi connectivity index (χ0n) is 13.2. The first-order chi connectivity index (χ1) is 11.7. The molecule has 0 saturated heterocycles. The number of rotatable bonds is 3. The minimum absolute atomic E-state index is 0.0627. The molecule has 1 heterocycles. The van der Waals surface area contributed by atoms with Crippen molar-refractivity contribution in [2.75, 3.05) is 11.9 Å². The van der Waals surface area contributed by atoms with Crippen LogP contribution in [0.15, 0.2) is 66.0 Å². The van der Waals surface area contributed by atoms with E-state index in [9.17, 15) is 10.1 Å². The summed E-state index contributed by atoms with van der Waals surface area (Å²) in [6.07, 6.45) is 0. The molecule has 1 aliphatic heterocycles. The number of esters is 1. The molecule has 5 nitrogen and oxygen atoms in total. The van der Waals surface area contributed by atoms with Gasteiger partial charge in [0.05, 0.1) is 12.6 Å². The Bertz CT molecular complexity index is 822. The number of hydrogen-bond acceptors (Lipinski definition) is 5. The third kappa shape index (κ3) is 2.95. The summed E-state index contributed by atoms with van der Waals surface area (Å²) in [6, 6.07) is 19.5. The predicted molar refractivity (Wildman–Crippen MR) is 90.8 cm³/mol. The zero-order chi connectivity index (χ0) is 16.9. The van der Waals surface area contributed by atoms with E-state index in [1.54, 1.807) is 6.92 Å². The molecule has 0 bridgehead atoms. The van der Waals surface area contributed by atoms with E-state index in [-0.39, 0.29) is 18.2 Å². The Balaban J connectivity index is 2.08. The van der Waals surface area contributed by atoms with Gasteiger partial charge in [-0.05, 0) is 18.6 Å². The van der Waals surface area contributed by atoms with Crippen LogP contribution in [0.25, 0.3) is 0 Å². The normalized spacial score (nSPS) is 17.6. The highest BCUT2D eigenvalue weighted by Crippen LogP contribution is 2.34. The molecule has 1 atom stereocenters. The second-order valence-corrected chi connectivity index (χ2v) is 5.28. The first-order valence-corrected chi connectivity index (χ1v) is 7.73. The van der Waals surface area contributed by atoms with E-state index in [0.29, 0.717) is 5.82 Å². The average molecular weight is 319 g/mol. The Labute approximate surface area is 140 Å². The summed E-state index contributed by atoms with van der Waals surface area (Å²) in [5.41, 5.74) is 2.89. The molecule has 120 valence electrons. The highest BCUT2D eigenvalue weighted by Gasteiger charge is 2.27. The molecule has 2 aromatic carbocycles. The summed E-state index contributed by atoms with van der Waals surface area (Å²) in [5, 5.41) is 15.8. The summed E-state index contributed by atoms with van der Waals surface area (Å²) in [5.74, 6) is -0.273. The van der Waals surface area contributed by atoms with Crippen molar-refractivity contribution in [2.45, 2.75) is 13.0 Å². The third-order valence-electron chi connectivity index (χ3n) is 3.79. The van der Waals surface area contributed by atoms with Gasteiger partial charge in [-0.3, -0.25) is 0 Å². The van der Waals surface area contributed by atoms with E-state index in [0.717, 1.165) is 16.8 Å². The number of anilines is 1. The molecule has 0 fully saturated rings. The van der Waals surface area contributed by atoms with E-state index in [4.69, 9.17) is 4.74 Å². The smallest absolute Gasteiger partial charge is 0.352 e. The summed E-state index contributed by atoms with van der Waals surface area (Å²) >= 11 is 0. The number of nitrogens with one attached hydrogen (secondary N) is 2. The van der Waals surface area contributed by atoms with Crippen LogP contribution in [0, 0.1) is 11.3 Å². The monoisotopic (exact) mass is 319 g/mol. The van der Waals surface area contributed by atoms with Crippen LogP contribution < -0.4 is 10.6 Å². The fourth-order valence-electron chi connectivity index (χ4n) is 2.71. The Morgan fingerprint density at radius 1 is 1.17 bits per heavy atom. The van der Waals surface area contributed by atoms with Crippen LogP contribution in [0.1, 0.15) is 24.1 Å². The van der Waals surface area contributed by atoms with E-state index in [1.165, 1.54) is 0 Å². The van der Waals surface area contributed by atoms with Gasteiger partial charge in [-0.2, -0.15) is 5.26 Å². The lowest BCUT2D eigenvalue weighted by Crippen LogP contribution is -2.34. The van der Waals surface area contributed by atoms with Gasteiger partial charge in [0, 0.05) is 11.3 Å². The molecule has 0 saturated carbocycles. The summed E-state index contributed by atoms with van der Waals surface area (Å²) in [6.45, 7) is 1.93. The molecule has 2 aromatic rings. The van der Waals surface area contributed by atoms with Crippen molar-refractivity contribution >= 4 is 11.7 Å². The molecule has 2 N–H and O–H groups in total. The number of para-hydroxylation sites is 1. The van der Waals surface area contributed by atoms with Gasteiger partial charge in [0.25, 0.3) is 0 Å². The fraction of sp³-hybridized carbons (Fsp3) is 0.158. The quantitative estimate of drug-likeness (QED) is 0.516. The minimum Gasteiger partial charge on any atom is -0.462 e. The molecule has 5 heteroatoms. The van der Waals surface area contributed by atoms with Crippen LogP contribution in [0.3, 0.4) is 0 Å². The summed E-state index contributed by atoms with van der Waals surface area (Å²) in [7, 11) is 0. The van der Waals surface area contributed by atoms with Crippen molar-refractivity contribution in [3.05, 3.63) is 77.1 Å². The molecular weight excluding hydrogens is 302 g/mol. The molecular formula is C19H17N3O2. The maximum atomic E-state index is 12.0. The number of carbonyl (C=O) groups is 1. The predicted octanol–water partition coefficient (Wildman–Crippen LogP) is 3.09. The van der Waals surface area contributed by atoms with Crippen LogP contribution in [-0.2, 0) is 9.53 Å². The zero-order valence-corrected chi connectivity index (χ0v) is 13.2. The van der Waals surface area contributed by atoms with Gasteiger partial charge in [0.2, 0.25) is 0 Å². The standard InChI is InChI=1S/C19H17N3O2/c1-2-24-19(23)15(12-20)18-21-16-11-7-6-10-14(16)17(22-18)13-8-4-3-5-9-13/h3-11,17,21-22H,2H2,1H3/b18-15-. The number of hydrogen-bond donors (Lipinski definition) is 2. The Morgan fingerprint density at radius 2 is 1.88 bits per heavy atom. The Kier molecular flexibility index (Phi) is 4.48. The minimum atomic E-state index is -0.638. The molecule has 0 aromatic heterocycles. The lowest BCUT2D eigenvalue weighted by Gasteiger charge is -2.31. The van der Waals surface area contributed by atoms with Crippen LogP contribution in [-0.4, -0.2) is 12.6 Å². The SMILES string of the molecule is CCOC(=O)/C(C#N)=C1/Nc2ccccc2C(c2ccccc2)N1. The van der Waals surface area contributed by atoms with Crippen molar-refractivity contribution in [1.29, 1.82) is 5.26 Å². The molecule has 24 heavy (non-hydrogen) atoms. The lowest BCUT2D eigenvalue weighted by atomic mass is 9.95. The number of fused-ring (bicyclic) bond motifs is 1. The summed E-state index contributed by atoms with van der Waals surface area (Å²) < 4.78 is 4.98. The van der Waals surface area contributed by atoms with Crippen LogP contribution in [0.4, 0.5) is 5.69 Å². The van der Waals surface area contributed by atoms with Crippen LogP contribution in [0.5, 0.6) is 0 Å². The van der Waals surface area contributed by atoms with Crippen molar-refractivity contribution in [1.82, 2.24) is 5.32 Å². The second kappa shape index (κ2) is 6.88. The molecule has 0 aliphatic carbocycles. The topological polar surface area (TPSA) is 74.2 Å². The van der Waals surface area contributed by atoms with Crippen molar-refractivity contribution in [2.24, 2.45) is 0 Å². The van der Waals surface area contributed by atoms with Crippen molar-refractivity contribution in [3.8, 4) is 6.07 Å². The third-order valence-corrected chi connectivity index (χ3v) is 3.79. The Morgan fingerprint density at radius 3 is 2.58 bits per heavy atom. The number of ether oxygens (including phenoxy) is 1. The molecule has 1 unspecified atom stereocenters. The maximum absolute atomic E-state index is 12.0. The number of nitriles is 1. The van der Waals surface area contributed by atoms with E-state index < -0.39 is 5.97 Å². The van der Waals surface area contributed by atoms with Gasteiger partial charge in [-0.25, -0.2) is 4.79 Å². The highest BCUT2D eigenvalue weighted by molar-refractivity contribution is 5.94. The van der Waals surface area contributed by atoms with Gasteiger partial charge < -0.3 is 15.4 Å². The van der Waals surface area contributed by atoms with Gasteiger partial charge in [-0.1, -0.05) is 48.5 Å². The number of nitrogens with zero attached hydrogens (tertiary/aromatic N) is 1.